The molecule has 2 aromatic heterocycles. The third-order valence-corrected chi connectivity index (χ3v) is 6.51. The Hall–Kier alpha value is -2.23. The first-order valence-electron chi connectivity index (χ1n) is 9.25. The van der Waals surface area contributed by atoms with Crippen LogP contribution in [0.1, 0.15) is 53.4 Å². The summed E-state index contributed by atoms with van der Waals surface area (Å²) in [7, 11) is 0. The standard InChI is InChI=1S/C20H22N4OS/c21-13-15-14-5-3-8-18(14)26-20(15)23-19(25)9-12-24-11-4-7-17(24)16-6-1-2-10-22-16/h1-2,6,10,17H,3-5,7-9,11-12H2,(H,23,25). The van der Waals surface area contributed by atoms with Crippen molar-refractivity contribution >= 4 is 22.2 Å². The highest BCUT2D eigenvalue weighted by Gasteiger charge is 2.27. The molecule has 0 saturated carbocycles. The van der Waals surface area contributed by atoms with Gasteiger partial charge in [-0.1, -0.05) is 6.07 Å². The summed E-state index contributed by atoms with van der Waals surface area (Å²) in [5.41, 5.74) is 2.93. The number of anilines is 1. The van der Waals surface area contributed by atoms with Crippen LogP contribution in [0, 0.1) is 11.3 Å². The van der Waals surface area contributed by atoms with Gasteiger partial charge < -0.3 is 5.32 Å². The molecule has 134 valence electrons. The number of likely N-dealkylation sites (tertiary alicyclic amines) is 1. The third-order valence-electron chi connectivity index (χ3n) is 5.30. The molecular weight excluding hydrogens is 344 g/mol. The maximum Gasteiger partial charge on any atom is 0.226 e. The summed E-state index contributed by atoms with van der Waals surface area (Å²) in [6, 6.07) is 8.61. The monoisotopic (exact) mass is 366 g/mol. The SMILES string of the molecule is N#Cc1c(NC(=O)CCN2CCCC2c2ccccn2)sc2c1CCC2. The average molecular weight is 366 g/mol. The van der Waals surface area contributed by atoms with Gasteiger partial charge in [0, 0.05) is 24.0 Å². The lowest BCUT2D eigenvalue weighted by molar-refractivity contribution is -0.116. The Morgan fingerprint density at radius 1 is 1.38 bits per heavy atom. The van der Waals surface area contributed by atoms with Crippen molar-refractivity contribution < 1.29 is 4.79 Å². The van der Waals surface area contributed by atoms with E-state index < -0.39 is 0 Å². The Labute approximate surface area is 157 Å². The van der Waals surface area contributed by atoms with Gasteiger partial charge in [-0.05, 0) is 56.3 Å². The Bertz CT molecular complexity index is 839. The van der Waals surface area contributed by atoms with Crippen LogP contribution in [0.2, 0.25) is 0 Å². The molecule has 0 radical (unpaired) electrons. The van der Waals surface area contributed by atoms with Gasteiger partial charge in [0.2, 0.25) is 5.91 Å². The second kappa shape index (κ2) is 7.56. The van der Waals surface area contributed by atoms with Crippen LogP contribution in [0.4, 0.5) is 5.00 Å². The number of thiophene rings is 1. The van der Waals surface area contributed by atoms with Crippen molar-refractivity contribution in [2.75, 3.05) is 18.4 Å². The molecule has 0 aromatic carbocycles. The summed E-state index contributed by atoms with van der Waals surface area (Å²) in [6.45, 7) is 1.73. The predicted molar refractivity (Wildman–Crippen MR) is 102 cm³/mol. The molecule has 1 aliphatic carbocycles. The minimum absolute atomic E-state index is 0.00639. The van der Waals surface area contributed by atoms with Crippen molar-refractivity contribution in [2.45, 2.75) is 44.6 Å². The first kappa shape index (κ1) is 17.2. The van der Waals surface area contributed by atoms with Crippen molar-refractivity contribution in [1.29, 1.82) is 5.26 Å². The number of hydrogen-bond donors (Lipinski definition) is 1. The molecular formula is C20H22N4OS. The van der Waals surface area contributed by atoms with E-state index in [1.54, 1.807) is 11.3 Å². The number of carbonyl (C=O) groups is 1. The number of carbonyl (C=O) groups excluding carboxylic acids is 1. The lowest BCUT2D eigenvalue weighted by atomic mass is 10.1. The third kappa shape index (κ3) is 3.37. The van der Waals surface area contributed by atoms with E-state index in [2.05, 4.69) is 27.3 Å². The van der Waals surface area contributed by atoms with E-state index in [4.69, 9.17) is 0 Å². The van der Waals surface area contributed by atoms with E-state index in [1.165, 1.54) is 4.88 Å². The van der Waals surface area contributed by atoms with Gasteiger partial charge in [-0.3, -0.25) is 14.7 Å². The van der Waals surface area contributed by atoms with Gasteiger partial charge in [0.15, 0.2) is 0 Å². The summed E-state index contributed by atoms with van der Waals surface area (Å²) in [5, 5.41) is 13.2. The zero-order chi connectivity index (χ0) is 17.9. The fourth-order valence-corrected chi connectivity index (χ4v) is 5.30. The Morgan fingerprint density at radius 3 is 3.12 bits per heavy atom. The highest BCUT2D eigenvalue weighted by molar-refractivity contribution is 7.16. The van der Waals surface area contributed by atoms with Crippen LogP contribution in [0.3, 0.4) is 0 Å². The number of nitrogens with one attached hydrogen (secondary N) is 1. The molecule has 1 saturated heterocycles. The molecule has 1 amide bonds. The number of nitriles is 1. The second-order valence-corrected chi connectivity index (χ2v) is 8.03. The van der Waals surface area contributed by atoms with Gasteiger partial charge >= 0.3 is 0 Å². The summed E-state index contributed by atoms with van der Waals surface area (Å²) in [6.07, 6.45) is 7.62. The normalized spacial score (nSPS) is 19.3. The molecule has 2 aliphatic rings. The molecule has 0 spiro atoms. The highest BCUT2D eigenvalue weighted by atomic mass is 32.1. The van der Waals surface area contributed by atoms with E-state index in [-0.39, 0.29) is 5.91 Å². The topological polar surface area (TPSA) is 69.0 Å². The van der Waals surface area contributed by atoms with E-state index in [1.807, 2.05) is 18.3 Å². The zero-order valence-corrected chi connectivity index (χ0v) is 15.5. The number of fused-ring (bicyclic) bond motifs is 1. The molecule has 1 unspecified atom stereocenters. The number of amides is 1. The van der Waals surface area contributed by atoms with Crippen LogP contribution in [0.5, 0.6) is 0 Å². The number of hydrogen-bond acceptors (Lipinski definition) is 5. The minimum Gasteiger partial charge on any atom is -0.317 e. The summed E-state index contributed by atoms with van der Waals surface area (Å²) in [4.78, 5) is 20.6. The lowest BCUT2D eigenvalue weighted by Crippen LogP contribution is -2.28. The van der Waals surface area contributed by atoms with E-state index >= 15 is 0 Å². The zero-order valence-electron chi connectivity index (χ0n) is 14.7. The van der Waals surface area contributed by atoms with Crippen LogP contribution in [-0.2, 0) is 17.6 Å². The highest BCUT2D eigenvalue weighted by Crippen LogP contribution is 2.38. The van der Waals surface area contributed by atoms with E-state index in [0.717, 1.165) is 61.5 Å². The van der Waals surface area contributed by atoms with Gasteiger partial charge in [-0.2, -0.15) is 5.26 Å². The van der Waals surface area contributed by atoms with Crippen molar-refractivity contribution in [3.8, 4) is 6.07 Å². The quantitative estimate of drug-likeness (QED) is 0.877. The molecule has 1 fully saturated rings. The van der Waals surface area contributed by atoms with Gasteiger partial charge in [0.05, 0.1) is 17.3 Å². The van der Waals surface area contributed by atoms with Crippen LogP contribution in [0.25, 0.3) is 0 Å². The molecule has 1 atom stereocenters. The second-order valence-electron chi connectivity index (χ2n) is 6.92. The number of aryl methyl sites for hydroxylation is 1. The van der Waals surface area contributed by atoms with Crippen molar-refractivity contribution in [3.05, 3.63) is 46.1 Å². The molecule has 2 aromatic rings. The summed E-state index contributed by atoms with van der Waals surface area (Å²) >= 11 is 1.58. The number of rotatable bonds is 5. The molecule has 5 nitrogen and oxygen atoms in total. The maximum atomic E-state index is 12.5. The molecule has 26 heavy (non-hydrogen) atoms. The fraction of sp³-hybridized carbons (Fsp3) is 0.450. The van der Waals surface area contributed by atoms with Crippen molar-refractivity contribution in [1.82, 2.24) is 9.88 Å². The van der Waals surface area contributed by atoms with Crippen LogP contribution < -0.4 is 5.32 Å². The minimum atomic E-state index is -0.00639. The van der Waals surface area contributed by atoms with Crippen LogP contribution in [-0.4, -0.2) is 28.9 Å². The molecule has 4 rings (SSSR count). The largest absolute Gasteiger partial charge is 0.317 e. The molecule has 0 bridgehead atoms. The smallest absolute Gasteiger partial charge is 0.226 e. The van der Waals surface area contributed by atoms with Crippen molar-refractivity contribution in [2.24, 2.45) is 0 Å². The summed E-state index contributed by atoms with van der Waals surface area (Å²) < 4.78 is 0. The van der Waals surface area contributed by atoms with Crippen LogP contribution in [0.15, 0.2) is 24.4 Å². The molecule has 6 heteroatoms. The van der Waals surface area contributed by atoms with Gasteiger partial charge in [0.1, 0.15) is 11.1 Å². The number of nitrogens with zero attached hydrogens (tertiary/aromatic N) is 3. The predicted octanol–water partition coefficient (Wildman–Crippen LogP) is 3.67. The number of pyridine rings is 1. The van der Waals surface area contributed by atoms with Gasteiger partial charge in [0.25, 0.3) is 0 Å². The Kier molecular flexibility index (Phi) is 5.00. The van der Waals surface area contributed by atoms with E-state index in [9.17, 15) is 10.1 Å². The fourth-order valence-electron chi connectivity index (χ4n) is 4.05. The first-order valence-corrected chi connectivity index (χ1v) is 10.1. The first-order chi connectivity index (χ1) is 12.8. The van der Waals surface area contributed by atoms with Crippen LogP contribution >= 0.6 is 11.3 Å². The molecule has 1 aliphatic heterocycles. The Balaban J connectivity index is 1.37. The molecule has 3 heterocycles. The van der Waals surface area contributed by atoms with Gasteiger partial charge in [-0.15, -0.1) is 11.3 Å². The molecule has 1 N–H and O–H groups in total. The lowest BCUT2D eigenvalue weighted by Gasteiger charge is -2.23. The van der Waals surface area contributed by atoms with Crippen molar-refractivity contribution in [3.63, 3.8) is 0 Å². The van der Waals surface area contributed by atoms with Gasteiger partial charge in [-0.25, -0.2) is 0 Å². The summed E-state index contributed by atoms with van der Waals surface area (Å²) in [5.74, 6) is -0.00639. The average Bonchev–Trinajstić information content (AvgIpc) is 3.36. The maximum absolute atomic E-state index is 12.5. The number of aromatic nitrogens is 1. The Morgan fingerprint density at radius 2 is 2.31 bits per heavy atom. The van der Waals surface area contributed by atoms with E-state index in [0.29, 0.717) is 18.0 Å².